The minimum atomic E-state index is -1.80. The first-order valence-electron chi connectivity index (χ1n) is 5.80. The SMILES string of the molecule is COc1cc(O[Si](C)(C)C(C)(C)C)ccc1N. The van der Waals surface area contributed by atoms with Crippen LogP contribution in [0.4, 0.5) is 5.69 Å². The lowest BCUT2D eigenvalue weighted by Crippen LogP contribution is -2.43. The Kier molecular flexibility index (Phi) is 3.77. The maximum Gasteiger partial charge on any atom is 0.250 e. The van der Waals surface area contributed by atoms with Gasteiger partial charge in [-0.25, -0.2) is 0 Å². The predicted octanol–water partition coefficient (Wildman–Crippen LogP) is 3.66. The summed E-state index contributed by atoms with van der Waals surface area (Å²) < 4.78 is 11.4. The number of hydrogen-bond donors (Lipinski definition) is 1. The molecule has 4 heteroatoms. The Bertz CT molecular complexity index is 397. The molecule has 0 amide bonds. The molecule has 96 valence electrons. The molecule has 2 N–H and O–H groups in total. The Hall–Kier alpha value is -1.16. The molecule has 0 unspecified atom stereocenters. The van der Waals surface area contributed by atoms with Crippen molar-refractivity contribution in [1.82, 2.24) is 0 Å². The van der Waals surface area contributed by atoms with E-state index in [9.17, 15) is 0 Å². The van der Waals surface area contributed by atoms with Crippen LogP contribution in [0, 0.1) is 0 Å². The first-order chi connectivity index (χ1) is 7.67. The van der Waals surface area contributed by atoms with Crippen LogP contribution in [0.5, 0.6) is 11.5 Å². The van der Waals surface area contributed by atoms with E-state index in [1.54, 1.807) is 7.11 Å². The zero-order valence-electron chi connectivity index (χ0n) is 11.6. The second-order valence-electron chi connectivity index (χ2n) is 5.77. The monoisotopic (exact) mass is 253 g/mol. The van der Waals surface area contributed by atoms with Crippen molar-refractivity contribution in [1.29, 1.82) is 0 Å². The number of anilines is 1. The van der Waals surface area contributed by atoms with Crippen molar-refractivity contribution in [2.24, 2.45) is 0 Å². The summed E-state index contributed by atoms with van der Waals surface area (Å²) in [6.45, 7) is 11.1. The van der Waals surface area contributed by atoms with Crippen LogP contribution < -0.4 is 14.9 Å². The molecule has 3 nitrogen and oxygen atoms in total. The highest BCUT2D eigenvalue weighted by atomic mass is 28.4. The third-order valence-corrected chi connectivity index (χ3v) is 7.74. The smallest absolute Gasteiger partial charge is 0.250 e. The Morgan fingerprint density at radius 3 is 2.24 bits per heavy atom. The summed E-state index contributed by atoms with van der Waals surface area (Å²) in [7, 11) is -0.182. The van der Waals surface area contributed by atoms with Crippen molar-refractivity contribution >= 4 is 14.0 Å². The van der Waals surface area contributed by atoms with E-state index < -0.39 is 8.32 Å². The Balaban J connectivity index is 2.96. The average molecular weight is 253 g/mol. The Labute approximate surface area is 105 Å². The van der Waals surface area contributed by atoms with E-state index in [-0.39, 0.29) is 5.04 Å². The normalized spacial score (nSPS) is 12.4. The van der Waals surface area contributed by atoms with Crippen molar-refractivity contribution in [3.63, 3.8) is 0 Å². The van der Waals surface area contributed by atoms with Gasteiger partial charge in [-0.05, 0) is 30.3 Å². The molecule has 17 heavy (non-hydrogen) atoms. The lowest BCUT2D eigenvalue weighted by atomic mass is 10.2. The number of hydrogen-bond acceptors (Lipinski definition) is 3. The maximum absolute atomic E-state index is 6.17. The quantitative estimate of drug-likeness (QED) is 0.660. The second kappa shape index (κ2) is 4.60. The zero-order valence-corrected chi connectivity index (χ0v) is 12.6. The molecule has 0 atom stereocenters. The van der Waals surface area contributed by atoms with Gasteiger partial charge in [0.05, 0.1) is 12.8 Å². The van der Waals surface area contributed by atoms with E-state index in [2.05, 4.69) is 33.9 Å². The summed E-state index contributed by atoms with van der Waals surface area (Å²) in [5, 5.41) is 0.182. The molecular weight excluding hydrogens is 230 g/mol. The van der Waals surface area contributed by atoms with Gasteiger partial charge in [0, 0.05) is 6.07 Å². The highest BCUT2D eigenvalue weighted by molar-refractivity contribution is 6.74. The molecule has 0 saturated carbocycles. The fourth-order valence-electron chi connectivity index (χ4n) is 1.20. The minimum absolute atomic E-state index is 0.182. The fourth-order valence-corrected chi connectivity index (χ4v) is 2.23. The highest BCUT2D eigenvalue weighted by Gasteiger charge is 2.39. The topological polar surface area (TPSA) is 44.5 Å². The lowest BCUT2D eigenvalue weighted by Gasteiger charge is -2.36. The van der Waals surface area contributed by atoms with Crippen molar-refractivity contribution in [3.8, 4) is 11.5 Å². The summed E-state index contributed by atoms with van der Waals surface area (Å²) in [5.41, 5.74) is 6.41. The Morgan fingerprint density at radius 1 is 1.18 bits per heavy atom. The van der Waals surface area contributed by atoms with Crippen LogP contribution in [-0.2, 0) is 0 Å². The molecule has 0 spiro atoms. The van der Waals surface area contributed by atoms with Gasteiger partial charge in [0.25, 0.3) is 0 Å². The van der Waals surface area contributed by atoms with Gasteiger partial charge in [0.1, 0.15) is 11.5 Å². The van der Waals surface area contributed by atoms with Crippen molar-refractivity contribution in [2.75, 3.05) is 12.8 Å². The maximum atomic E-state index is 6.17. The van der Waals surface area contributed by atoms with Crippen molar-refractivity contribution < 1.29 is 9.16 Å². The van der Waals surface area contributed by atoms with Gasteiger partial charge in [0.2, 0.25) is 8.32 Å². The van der Waals surface area contributed by atoms with Gasteiger partial charge in [-0.3, -0.25) is 0 Å². The van der Waals surface area contributed by atoms with Gasteiger partial charge < -0.3 is 14.9 Å². The van der Waals surface area contributed by atoms with Crippen LogP contribution in [0.1, 0.15) is 20.8 Å². The van der Waals surface area contributed by atoms with E-state index in [1.165, 1.54) is 0 Å². The third kappa shape index (κ3) is 3.16. The van der Waals surface area contributed by atoms with Crippen LogP contribution in [0.3, 0.4) is 0 Å². The van der Waals surface area contributed by atoms with Crippen LogP contribution in [0.25, 0.3) is 0 Å². The molecule has 0 bridgehead atoms. The average Bonchev–Trinajstić information content (AvgIpc) is 2.19. The van der Waals surface area contributed by atoms with Gasteiger partial charge in [0.15, 0.2) is 0 Å². The van der Waals surface area contributed by atoms with Gasteiger partial charge in [-0.1, -0.05) is 20.8 Å². The lowest BCUT2D eigenvalue weighted by molar-refractivity contribution is 0.413. The summed E-state index contributed by atoms with van der Waals surface area (Å²) in [6, 6.07) is 5.58. The largest absolute Gasteiger partial charge is 0.543 e. The second-order valence-corrected chi connectivity index (χ2v) is 10.5. The molecular formula is C13H23NO2Si. The third-order valence-electron chi connectivity index (χ3n) is 3.38. The molecule has 0 fully saturated rings. The molecule has 1 aromatic carbocycles. The molecule has 1 aromatic rings. The molecule has 0 saturated heterocycles. The van der Waals surface area contributed by atoms with E-state index in [0.717, 1.165) is 5.75 Å². The fraction of sp³-hybridized carbons (Fsp3) is 0.538. The number of nitrogen functional groups attached to an aromatic ring is 1. The molecule has 0 aliphatic carbocycles. The van der Waals surface area contributed by atoms with Gasteiger partial charge >= 0.3 is 0 Å². The first kappa shape index (κ1) is 13.9. The predicted molar refractivity (Wildman–Crippen MR) is 75.2 cm³/mol. The minimum Gasteiger partial charge on any atom is -0.543 e. The van der Waals surface area contributed by atoms with Crippen LogP contribution >= 0.6 is 0 Å². The molecule has 0 aliphatic rings. The summed E-state index contributed by atoms with van der Waals surface area (Å²) in [4.78, 5) is 0. The van der Waals surface area contributed by atoms with Gasteiger partial charge in [-0.15, -0.1) is 0 Å². The molecule has 0 radical (unpaired) electrons. The number of ether oxygens (including phenoxy) is 1. The highest BCUT2D eigenvalue weighted by Crippen LogP contribution is 2.38. The summed E-state index contributed by atoms with van der Waals surface area (Å²) >= 11 is 0. The number of methoxy groups -OCH3 is 1. The first-order valence-corrected chi connectivity index (χ1v) is 8.71. The van der Waals surface area contributed by atoms with E-state index in [4.69, 9.17) is 14.9 Å². The summed E-state index contributed by atoms with van der Waals surface area (Å²) in [6.07, 6.45) is 0. The zero-order chi connectivity index (χ0) is 13.3. The van der Waals surface area contributed by atoms with Crippen LogP contribution in [-0.4, -0.2) is 15.4 Å². The molecule has 0 aliphatic heterocycles. The van der Waals surface area contributed by atoms with Crippen LogP contribution in [0.15, 0.2) is 18.2 Å². The standard InChI is InChI=1S/C13H23NO2Si/c1-13(2,3)17(5,6)16-10-7-8-11(14)12(9-10)15-4/h7-9H,14H2,1-6H3. The molecule has 1 rings (SSSR count). The number of benzene rings is 1. The molecule has 0 heterocycles. The van der Waals surface area contributed by atoms with E-state index in [1.807, 2.05) is 18.2 Å². The van der Waals surface area contributed by atoms with E-state index in [0.29, 0.717) is 11.4 Å². The van der Waals surface area contributed by atoms with Crippen LogP contribution in [0.2, 0.25) is 18.1 Å². The van der Waals surface area contributed by atoms with Crippen molar-refractivity contribution in [3.05, 3.63) is 18.2 Å². The number of rotatable bonds is 3. The molecule has 0 aromatic heterocycles. The Morgan fingerprint density at radius 2 is 1.76 bits per heavy atom. The summed E-state index contributed by atoms with van der Waals surface area (Å²) in [5.74, 6) is 1.50. The number of nitrogens with two attached hydrogens (primary N) is 1. The van der Waals surface area contributed by atoms with Crippen molar-refractivity contribution in [2.45, 2.75) is 38.9 Å². The van der Waals surface area contributed by atoms with E-state index >= 15 is 0 Å². The van der Waals surface area contributed by atoms with Gasteiger partial charge in [-0.2, -0.15) is 0 Å².